The molecule has 0 aliphatic heterocycles. The van der Waals surface area contributed by atoms with E-state index in [-0.39, 0.29) is 22.8 Å². The first-order valence-electron chi connectivity index (χ1n) is 5.37. The molecule has 2 rings (SSSR count). The molecule has 0 saturated carbocycles. The van der Waals surface area contributed by atoms with Gasteiger partial charge in [-0.25, -0.2) is 0 Å². The number of rotatable bonds is 3. The maximum absolute atomic E-state index is 12.3. The average molecular weight is 269 g/mol. The summed E-state index contributed by atoms with van der Waals surface area (Å²) in [7, 11) is 0. The quantitative estimate of drug-likeness (QED) is 0.847. The number of nitrogens with one attached hydrogen (secondary N) is 1. The lowest BCUT2D eigenvalue weighted by atomic mass is 10.1. The highest BCUT2D eigenvalue weighted by atomic mass is 19.4. The van der Waals surface area contributed by atoms with Crippen LogP contribution in [0.15, 0.2) is 40.8 Å². The van der Waals surface area contributed by atoms with Crippen LogP contribution in [-0.4, -0.2) is 12.1 Å². The van der Waals surface area contributed by atoms with E-state index in [1.165, 1.54) is 37.3 Å². The van der Waals surface area contributed by atoms with E-state index in [1.807, 2.05) is 0 Å². The van der Waals surface area contributed by atoms with Crippen LogP contribution < -0.4 is 4.74 Å². The number of hydrogen-bond donors (Lipinski definition) is 1. The molecule has 0 aliphatic carbocycles. The number of alkyl halides is 3. The van der Waals surface area contributed by atoms with Crippen LogP contribution in [0.25, 0.3) is 11.3 Å². The fraction of sp³-hybridized carbons (Fsp3) is 0.154. The first-order valence-corrected chi connectivity index (χ1v) is 5.37. The Balaban J connectivity index is 2.41. The summed E-state index contributed by atoms with van der Waals surface area (Å²) in [5.74, 6) is 0.191. The predicted octanol–water partition coefficient (Wildman–Crippen LogP) is 4.23. The van der Waals surface area contributed by atoms with Crippen molar-refractivity contribution in [2.45, 2.75) is 13.3 Å². The number of ether oxygens (including phenoxy) is 1. The van der Waals surface area contributed by atoms with Crippen molar-refractivity contribution < 1.29 is 22.3 Å². The van der Waals surface area contributed by atoms with Crippen LogP contribution in [0, 0.1) is 5.41 Å². The van der Waals surface area contributed by atoms with Crippen LogP contribution in [0.4, 0.5) is 13.2 Å². The van der Waals surface area contributed by atoms with E-state index in [0.717, 1.165) is 0 Å². The Morgan fingerprint density at radius 2 is 1.84 bits per heavy atom. The second kappa shape index (κ2) is 4.79. The molecule has 3 nitrogen and oxygen atoms in total. The van der Waals surface area contributed by atoms with E-state index in [0.29, 0.717) is 5.76 Å². The van der Waals surface area contributed by atoms with Gasteiger partial charge in [0.15, 0.2) is 0 Å². The molecule has 19 heavy (non-hydrogen) atoms. The maximum Gasteiger partial charge on any atom is 0.573 e. The third kappa shape index (κ3) is 3.15. The highest BCUT2D eigenvalue weighted by Gasteiger charge is 2.32. The molecular formula is C13H10F3NO2. The summed E-state index contributed by atoms with van der Waals surface area (Å²) in [4.78, 5) is 0. The summed E-state index contributed by atoms with van der Waals surface area (Å²) in [5.41, 5.74) is 0.382. The average Bonchev–Trinajstić information content (AvgIpc) is 2.76. The summed E-state index contributed by atoms with van der Waals surface area (Å²) in [6.45, 7) is 1.53. The van der Waals surface area contributed by atoms with Crippen molar-refractivity contribution in [1.82, 2.24) is 0 Å². The second-order valence-corrected chi connectivity index (χ2v) is 3.83. The van der Waals surface area contributed by atoms with Crippen molar-refractivity contribution in [3.8, 4) is 17.1 Å². The molecule has 1 heterocycles. The number of para-hydroxylation sites is 1. The summed E-state index contributed by atoms with van der Waals surface area (Å²) < 4.78 is 46.1. The van der Waals surface area contributed by atoms with Crippen molar-refractivity contribution >= 4 is 5.71 Å². The van der Waals surface area contributed by atoms with Crippen molar-refractivity contribution in [2.75, 3.05) is 0 Å². The zero-order valence-electron chi connectivity index (χ0n) is 9.91. The SMILES string of the molecule is CC(=N)c1ccc(-c2ccccc2OC(F)(F)F)o1. The van der Waals surface area contributed by atoms with Gasteiger partial charge in [-0.2, -0.15) is 0 Å². The van der Waals surface area contributed by atoms with Gasteiger partial charge in [-0.15, -0.1) is 13.2 Å². The molecule has 0 fully saturated rings. The Bertz CT molecular complexity index is 602. The molecule has 2 aromatic rings. The van der Waals surface area contributed by atoms with Gasteiger partial charge < -0.3 is 14.6 Å². The maximum atomic E-state index is 12.3. The molecule has 100 valence electrons. The largest absolute Gasteiger partial charge is 0.573 e. The molecule has 0 radical (unpaired) electrons. The zero-order chi connectivity index (χ0) is 14.0. The molecule has 0 atom stereocenters. The van der Waals surface area contributed by atoms with Crippen LogP contribution in [0.1, 0.15) is 12.7 Å². The molecule has 0 aliphatic rings. The lowest BCUT2D eigenvalue weighted by molar-refractivity contribution is -0.274. The smallest absolute Gasteiger partial charge is 0.455 e. The Labute approximate surface area is 107 Å². The first-order chi connectivity index (χ1) is 8.87. The number of furan rings is 1. The van der Waals surface area contributed by atoms with Crippen LogP contribution in [-0.2, 0) is 0 Å². The van der Waals surface area contributed by atoms with Crippen LogP contribution in [0.2, 0.25) is 0 Å². The fourth-order valence-electron chi connectivity index (χ4n) is 1.57. The highest BCUT2D eigenvalue weighted by molar-refractivity contribution is 5.94. The van der Waals surface area contributed by atoms with E-state index in [9.17, 15) is 13.2 Å². The van der Waals surface area contributed by atoms with Gasteiger partial charge in [0.25, 0.3) is 0 Å². The zero-order valence-corrected chi connectivity index (χ0v) is 9.91. The minimum atomic E-state index is -4.76. The molecule has 1 aromatic carbocycles. The van der Waals surface area contributed by atoms with E-state index in [1.54, 1.807) is 6.07 Å². The summed E-state index contributed by atoms with van der Waals surface area (Å²) in [6.07, 6.45) is -4.76. The van der Waals surface area contributed by atoms with Crippen LogP contribution in [0.5, 0.6) is 5.75 Å². The van der Waals surface area contributed by atoms with E-state index in [4.69, 9.17) is 9.83 Å². The minimum Gasteiger partial charge on any atom is -0.455 e. The Morgan fingerprint density at radius 3 is 2.42 bits per heavy atom. The van der Waals surface area contributed by atoms with Crippen molar-refractivity contribution in [3.05, 3.63) is 42.2 Å². The summed E-state index contributed by atoms with van der Waals surface area (Å²) >= 11 is 0. The normalized spacial score (nSPS) is 11.4. The Hall–Kier alpha value is -2.24. The van der Waals surface area contributed by atoms with Crippen LogP contribution in [0.3, 0.4) is 0 Å². The Morgan fingerprint density at radius 1 is 1.16 bits per heavy atom. The van der Waals surface area contributed by atoms with Gasteiger partial charge in [0.1, 0.15) is 17.3 Å². The van der Waals surface area contributed by atoms with Crippen molar-refractivity contribution in [3.63, 3.8) is 0 Å². The fourth-order valence-corrected chi connectivity index (χ4v) is 1.57. The predicted molar refractivity (Wildman–Crippen MR) is 63.3 cm³/mol. The molecule has 1 N–H and O–H groups in total. The number of halogens is 3. The van der Waals surface area contributed by atoms with Crippen molar-refractivity contribution in [1.29, 1.82) is 5.41 Å². The molecule has 1 aromatic heterocycles. The monoisotopic (exact) mass is 269 g/mol. The number of hydrogen-bond acceptors (Lipinski definition) is 3. The standard InChI is InChI=1S/C13H10F3NO2/c1-8(17)10-6-7-11(18-10)9-4-2-3-5-12(9)19-13(14,15)16/h2-7,17H,1H3. The Kier molecular flexibility index (Phi) is 3.33. The van der Waals surface area contributed by atoms with Gasteiger partial charge in [0.05, 0.1) is 11.3 Å². The topological polar surface area (TPSA) is 46.2 Å². The molecule has 0 bridgehead atoms. The minimum absolute atomic E-state index is 0.187. The summed E-state index contributed by atoms with van der Waals surface area (Å²) in [5, 5.41) is 7.40. The third-order valence-corrected chi connectivity index (χ3v) is 2.35. The van der Waals surface area contributed by atoms with Gasteiger partial charge >= 0.3 is 6.36 Å². The lowest BCUT2D eigenvalue weighted by Crippen LogP contribution is -2.17. The second-order valence-electron chi connectivity index (χ2n) is 3.83. The highest BCUT2D eigenvalue weighted by Crippen LogP contribution is 2.34. The van der Waals surface area contributed by atoms with E-state index < -0.39 is 6.36 Å². The van der Waals surface area contributed by atoms with E-state index in [2.05, 4.69) is 4.74 Å². The van der Waals surface area contributed by atoms with Crippen LogP contribution >= 0.6 is 0 Å². The molecule has 0 amide bonds. The van der Waals surface area contributed by atoms with Gasteiger partial charge in [0.2, 0.25) is 0 Å². The third-order valence-electron chi connectivity index (χ3n) is 2.35. The van der Waals surface area contributed by atoms with Crippen molar-refractivity contribution in [2.24, 2.45) is 0 Å². The van der Waals surface area contributed by atoms with E-state index >= 15 is 0 Å². The molecular weight excluding hydrogens is 259 g/mol. The van der Waals surface area contributed by atoms with Gasteiger partial charge in [-0.3, -0.25) is 0 Å². The van der Waals surface area contributed by atoms with Gasteiger partial charge in [-0.1, -0.05) is 12.1 Å². The first kappa shape index (κ1) is 13.2. The number of benzene rings is 1. The molecule has 0 spiro atoms. The van der Waals surface area contributed by atoms with Gasteiger partial charge in [-0.05, 0) is 31.2 Å². The molecule has 0 saturated heterocycles. The molecule has 6 heteroatoms. The lowest BCUT2D eigenvalue weighted by Gasteiger charge is -2.11. The summed E-state index contributed by atoms with van der Waals surface area (Å²) in [6, 6.07) is 8.73. The molecule has 0 unspecified atom stereocenters. The van der Waals surface area contributed by atoms with Gasteiger partial charge in [0, 0.05) is 0 Å².